The maximum absolute atomic E-state index is 5.79. The second-order valence-corrected chi connectivity index (χ2v) is 5.74. The van der Waals surface area contributed by atoms with Gasteiger partial charge in [0.25, 0.3) is 0 Å². The molecule has 1 aromatic carbocycles. The summed E-state index contributed by atoms with van der Waals surface area (Å²) in [4.78, 5) is 0. The van der Waals surface area contributed by atoms with Gasteiger partial charge in [-0.1, -0.05) is 26.0 Å². The highest BCUT2D eigenvalue weighted by atomic mass is 32.2. The fourth-order valence-corrected chi connectivity index (χ4v) is 2.37. The van der Waals surface area contributed by atoms with Gasteiger partial charge in [-0.05, 0) is 43.3 Å². The van der Waals surface area contributed by atoms with Crippen molar-refractivity contribution in [2.75, 3.05) is 24.7 Å². The van der Waals surface area contributed by atoms with Gasteiger partial charge in [-0.15, -0.1) is 0 Å². The average molecular weight is 267 g/mol. The summed E-state index contributed by atoms with van der Waals surface area (Å²) in [6.45, 7) is 10.4. The van der Waals surface area contributed by atoms with Crippen molar-refractivity contribution in [1.29, 1.82) is 0 Å². The minimum Gasteiger partial charge on any atom is -0.492 e. The van der Waals surface area contributed by atoms with Crippen LogP contribution >= 0.6 is 11.8 Å². The lowest BCUT2D eigenvalue weighted by Gasteiger charge is -2.15. The molecule has 102 valence electrons. The topological polar surface area (TPSA) is 21.3 Å². The Morgan fingerprint density at radius 2 is 2.11 bits per heavy atom. The number of thioether (sulfide) groups is 1. The second-order valence-electron chi connectivity index (χ2n) is 4.35. The van der Waals surface area contributed by atoms with Crippen molar-refractivity contribution < 1.29 is 4.74 Å². The van der Waals surface area contributed by atoms with Crippen LogP contribution in [0.5, 0.6) is 5.75 Å². The van der Waals surface area contributed by atoms with E-state index in [0.29, 0.717) is 6.04 Å². The number of nitrogens with one attached hydrogen (secondary N) is 1. The standard InChI is InChI=1S/C15H25NOS/c1-5-16-13(4)14-7-8-15(12(3)11-14)17-9-10-18-6-2/h7-8,11,13,16H,5-6,9-10H2,1-4H3. The number of hydrogen-bond donors (Lipinski definition) is 1. The highest BCUT2D eigenvalue weighted by Gasteiger charge is 2.06. The van der Waals surface area contributed by atoms with E-state index < -0.39 is 0 Å². The van der Waals surface area contributed by atoms with Crippen LogP contribution in [0.3, 0.4) is 0 Å². The van der Waals surface area contributed by atoms with E-state index in [-0.39, 0.29) is 0 Å². The SMILES string of the molecule is CCNC(C)c1ccc(OCCSCC)c(C)c1. The molecular weight excluding hydrogens is 242 g/mol. The summed E-state index contributed by atoms with van der Waals surface area (Å²) in [6, 6.07) is 6.87. The van der Waals surface area contributed by atoms with Crippen molar-refractivity contribution in [3.05, 3.63) is 29.3 Å². The molecule has 3 heteroatoms. The smallest absolute Gasteiger partial charge is 0.122 e. The van der Waals surface area contributed by atoms with Gasteiger partial charge in [-0.2, -0.15) is 11.8 Å². The monoisotopic (exact) mass is 267 g/mol. The van der Waals surface area contributed by atoms with Gasteiger partial charge in [0.05, 0.1) is 6.61 Å². The van der Waals surface area contributed by atoms with Gasteiger partial charge >= 0.3 is 0 Å². The summed E-state index contributed by atoms with van der Waals surface area (Å²) in [7, 11) is 0. The maximum Gasteiger partial charge on any atom is 0.122 e. The molecule has 1 N–H and O–H groups in total. The molecule has 0 aromatic heterocycles. The molecule has 0 bridgehead atoms. The molecule has 1 aromatic rings. The predicted molar refractivity (Wildman–Crippen MR) is 81.8 cm³/mol. The van der Waals surface area contributed by atoms with Gasteiger partial charge in [0.1, 0.15) is 5.75 Å². The van der Waals surface area contributed by atoms with Gasteiger partial charge in [-0.25, -0.2) is 0 Å². The number of aryl methyl sites for hydroxylation is 1. The Hall–Kier alpha value is -0.670. The Balaban J connectivity index is 2.56. The molecule has 0 radical (unpaired) electrons. The average Bonchev–Trinajstić information content (AvgIpc) is 2.36. The van der Waals surface area contributed by atoms with Crippen molar-refractivity contribution in [2.24, 2.45) is 0 Å². The zero-order chi connectivity index (χ0) is 13.4. The molecular formula is C15H25NOS. The summed E-state index contributed by atoms with van der Waals surface area (Å²) >= 11 is 1.91. The first kappa shape index (κ1) is 15.4. The number of benzene rings is 1. The highest BCUT2D eigenvalue weighted by molar-refractivity contribution is 7.99. The van der Waals surface area contributed by atoms with Crippen LogP contribution in [0.4, 0.5) is 0 Å². The van der Waals surface area contributed by atoms with Crippen molar-refractivity contribution in [1.82, 2.24) is 5.32 Å². The number of hydrogen-bond acceptors (Lipinski definition) is 3. The highest BCUT2D eigenvalue weighted by Crippen LogP contribution is 2.22. The Morgan fingerprint density at radius 3 is 2.72 bits per heavy atom. The quantitative estimate of drug-likeness (QED) is 0.724. The lowest BCUT2D eigenvalue weighted by Crippen LogP contribution is -2.17. The van der Waals surface area contributed by atoms with Crippen LogP contribution in [0, 0.1) is 6.92 Å². The van der Waals surface area contributed by atoms with E-state index in [4.69, 9.17) is 4.74 Å². The zero-order valence-electron chi connectivity index (χ0n) is 12.0. The van der Waals surface area contributed by atoms with Crippen LogP contribution < -0.4 is 10.1 Å². The first-order chi connectivity index (χ1) is 8.69. The molecule has 0 aliphatic heterocycles. The normalized spacial score (nSPS) is 12.4. The lowest BCUT2D eigenvalue weighted by molar-refractivity contribution is 0.341. The lowest BCUT2D eigenvalue weighted by atomic mass is 10.1. The predicted octanol–water partition coefficient (Wildman–Crippen LogP) is 3.80. The summed E-state index contributed by atoms with van der Waals surface area (Å²) < 4.78 is 5.79. The molecule has 1 atom stereocenters. The van der Waals surface area contributed by atoms with Crippen LogP contribution in [0.25, 0.3) is 0 Å². The number of ether oxygens (including phenoxy) is 1. The van der Waals surface area contributed by atoms with Gasteiger partial charge in [0.2, 0.25) is 0 Å². The third-order valence-electron chi connectivity index (χ3n) is 2.90. The number of rotatable bonds is 8. The van der Waals surface area contributed by atoms with Gasteiger partial charge in [0, 0.05) is 11.8 Å². The minimum atomic E-state index is 0.401. The fraction of sp³-hybridized carbons (Fsp3) is 0.600. The van der Waals surface area contributed by atoms with Crippen molar-refractivity contribution >= 4 is 11.8 Å². The van der Waals surface area contributed by atoms with Crippen LogP contribution in [0.2, 0.25) is 0 Å². The Kier molecular flexibility index (Phi) is 7.21. The van der Waals surface area contributed by atoms with E-state index in [2.05, 4.69) is 51.2 Å². The molecule has 1 rings (SSSR count). The van der Waals surface area contributed by atoms with E-state index in [1.54, 1.807) is 0 Å². The molecule has 0 saturated heterocycles. The molecule has 0 saturated carbocycles. The van der Waals surface area contributed by atoms with E-state index in [1.165, 1.54) is 11.1 Å². The molecule has 0 fully saturated rings. The fourth-order valence-electron chi connectivity index (χ4n) is 1.88. The maximum atomic E-state index is 5.79. The van der Waals surface area contributed by atoms with Crippen LogP contribution in [0.15, 0.2) is 18.2 Å². The third-order valence-corrected chi connectivity index (χ3v) is 3.76. The van der Waals surface area contributed by atoms with Crippen molar-refractivity contribution in [3.8, 4) is 5.75 Å². The van der Waals surface area contributed by atoms with Gasteiger partial charge in [0.15, 0.2) is 0 Å². The van der Waals surface area contributed by atoms with E-state index in [0.717, 1.165) is 30.4 Å². The molecule has 0 spiro atoms. The first-order valence-corrected chi connectivity index (χ1v) is 7.89. The largest absolute Gasteiger partial charge is 0.492 e. The van der Waals surface area contributed by atoms with Crippen LogP contribution in [0.1, 0.15) is 37.9 Å². The van der Waals surface area contributed by atoms with Gasteiger partial charge in [-0.3, -0.25) is 0 Å². The van der Waals surface area contributed by atoms with Crippen LogP contribution in [-0.4, -0.2) is 24.7 Å². The Labute approximate surface area is 116 Å². The molecule has 0 aliphatic rings. The summed E-state index contributed by atoms with van der Waals surface area (Å²) in [5.41, 5.74) is 2.54. The minimum absolute atomic E-state index is 0.401. The molecule has 0 amide bonds. The molecule has 1 unspecified atom stereocenters. The first-order valence-electron chi connectivity index (χ1n) is 6.73. The molecule has 18 heavy (non-hydrogen) atoms. The molecule has 0 heterocycles. The second kappa shape index (κ2) is 8.44. The summed E-state index contributed by atoms with van der Waals surface area (Å²) in [5, 5.41) is 3.42. The van der Waals surface area contributed by atoms with E-state index in [9.17, 15) is 0 Å². The summed E-state index contributed by atoms with van der Waals surface area (Å²) in [5.74, 6) is 3.23. The van der Waals surface area contributed by atoms with E-state index in [1.807, 2.05) is 11.8 Å². The third kappa shape index (κ3) is 4.91. The Morgan fingerprint density at radius 1 is 1.33 bits per heavy atom. The van der Waals surface area contributed by atoms with Crippen LogP contribution in [-0.2, 0) is 0 Å². The Bertz CT molecular complexity index is 354. The zero-order valence-corrected chi connectivity index (χ0v) is 12.8. The summed E-state index contributed by atoms with van der Waals surface area (Å²) in [6.07, 6.45) is 0. The molecule has 0 aliphatic carbocycles. The van der Waals surface area contributed by atoms with Crippen molar-refractivity contribution in [2.45, 2.75) is 33.7 Å². The van der Waals surface area contributed by atoms with Crippen molar-refractivity contribution in [3.63, 3.8) is 0 Å². The molecule has 2 nitrogen and oxygen atoms in total. The van der Waals surface area contributed by atoms with Gasteiger partial charge < -0.3 is 10.1 Å². The van der Waals surface area contributed by atoms with E-state index >= 15 is 0 Å².